The van der Waals surface area contributed by atoms with Crippen LogP contribution in [-0.4, -0.2) is 23.0 Å². The van der Waals surface area contributed by atoms with Gasteiger partial charge in [-0.15, -0.1) is 0 Å². The second kappa shape index (κ2) is 7.51. The normalized spacial score (nSPS) is 12.5. The lowest BCUT2D eigenvalue weighted by atomic mass is 10.0. The van der Waals surface area contributed by atoms with E-state index < -0.39 is 53.3 Å². The molecule has 4 nitrogen and oxygen atoms in total. The molecule has 0 fully saturated rings. The predicted molar refractivity (Wildman–Crippen MR) is 80.4 cm³/mol. The Morgan fingerprint density at radius 1 is 1.08 bits per heavy atom. The summed E-state index contributed by atoms with van der Waals surface area (Å²) in [5, 5.41) is 11.2. The van der Waals surface area contributed by atoms with Crippen molar-refractivity contribution in [3.05, 3.63) is 70.8 Å². The fourth-order valence-electron chi connectivity index (χ4n) is 2.23. The number of carbonyl (C=O) groups excluding carboxylic acids is 1. The van der Waals surface area contributed by atoms with Gasteiger partial charge in [0, 0.05) is 6.42 Å². The molecular weight excluding hydrogens is 361 g/mol. The van der Waals surface area contributed by atoms with Crippen molar-refractivity contribution in [1.82, 2.24) is 5.32 Å². The number of alkyl halides is 3. The Morgan fingerprint density at radius 3 is 2.35 bits per heavy atom. The number of halogens is 5. The van der Waals surface area contributed by atoms with E-state index in [1.54, 1.807) is 0 Å². The number of nitrogens with one attached hydrogen (secondary N) is 1. The zero-order chi connectivity index (χ0) is 19.5. The molecule has 0 saturated heterocycles. The van der Waals surface area contributed by atoms with Crippen LogP contribution in [0.1, 0.15) is 21.5 Å². The summed E-state index contributed by atoms with van der Waals surface area (Å²) < 4.78 is 64.9. The highest BCUT2D eigenvalue weighted by molar-refractivity contribution is 5.96. The van der Waals surface area contributed by atoms with E-state index in [9.17, 15) is 36.6 Å². The van der Waals surface area contributed by atoms with Crippen molar-refractivity contribution in [3.63, 3.8) is 0 Å². The molecule has 0 heterocycles. The summed E-state index contributed by atoms with van der Waals surface area (Å²) in [6, 6.07) is 5.11. The third-order valence-corrected chi connectivity index (χ3v) is 3.49. The molecule has 0 aliphatic heterocycles. The molecule has 0 bridgehead atoms. The molecular formula is C17H12F5NO3. The molecule has 2 N–H and O–H groups in total. The number of carboxylic acid groups (broad SMARTS) is 1. The number of benzene rings is 2. The highest BCUT2D eigenvalue weighted by Gasteiger charge is 2.31. The first-order valence-corrected chi connectivity index (χ1v) is 7.23. The van der Waals surface area contributed by atoms with Crippen LogP contribution in [0, 0.1) is 11.6 Å². The van der Waals surface area contributed by atoms with Gasteiger partial charge in [0.25, 0.3) is 5.91 Å². The summed E-state index contributed by atoms with van der Waals surface area (Å²) in [6.07, 6.45) is -5.08. The second-order valence-corrected chi connectivity index (χ2v) is 5.37. The lowest BCUT2D eigenvalue weighted by Gasteiger charge is -2.16. The van der Waals surface area contributed by atoms with Gasteiger partial charge in [0.15, 0.2) is 11.6 Å². The van der Waals surface area contributed by atoms with Crippen LogP contribution in [0.4, 0.5) is 22.0 Å². The third-order valence-electron chi connectivity index (χ3n) is 3.49. The van der Waals surface area contributed by atoms with Crippen LogP contribution >= 0.6 is 0 Å². The molecule has 2 rings (SSSR count). The Balaban J connectivity index is 2.21. The number of aliphatic carboxylic acids is 1. The fraction of sp³-hybridized carbons (Fsp3) is 0.176. The van der Waals surface area contributed by atoms with Gasteiger partial charge in [-0.2, -0.15) is 13.2 Å². The van der Waals surface area contributed by atoms with Crippen molar-refractivity contribution in [3.8, 4) is 0 Å². The van der Waals surface area contributed by atoms with E-state index in [0.29, 0.717) is 0 Å². The molecule has 1 atom stereocenters. The highest BCUT2D eigenvalue weighted by atomic mass is 19.4. The lowest BCUT2D eigenvalue weighted by Crippen LogP contribution is -2.42. The first-order valence-electron chi connectivity index (χ1n) is 7.23. The second-order valence-electron chi connectivity index (χ2n) is 5.37. The van der Waals surface area contributed by atoms with Crippen molar-refractivity contribution < 1.29 is 36.6 Å². The number of carbonyl (C=O) groups is 2. The van der Waals surface area contributed by atoms with Gasteiger partial charge in [0.05, 0.1) is 11.1 Å². The van der Waals surface area contributed by atoms with E-state index in [1.165, 1.54) is 6.07 Å². The first kappa shape index (κ1) is 19.4. The fourth-order valence-corrected chi connectivity index (χ4v) is 2.23. The molecule has 138 valence electrons. The zero-order valence-electron chi connectivity index (χ0n) is 13.0. The van der Waals surface area contributed by atoms with Gasteiger partial charge in [-0.1, -0.05) is 24.3 Å². The van der Waals surface area contributed by atoms with Crippen molar-refractivity contribution in [2.24, 2.45) is 0 Å². The quantitative estimate of drug-likeness (QED) is 0.790. The van der Waals surface area contributed by atoms with Crippen LogP contribution in [0.2, 0.25) is 0 Å². The predicted octanol–water partition coefficient (Wildman–Crippen LogP) is 3.41. The molecule has 26 heavy (non-hydrogen) atoms. The molecule has 0 aromatic heterocycles. The van der Waals surface area contributed by atoms with E-state index >= 15 is 0 Å². The SMILES string of the molecule is O=C(N[C@@H](Cc1cccc(C(F)(F)F)c1)C(=O)O)c1cccc(F)c1F. The molecule has 0 saturated carbocycles. The monoisotopic (exact) mass is 373 g/mol. The van der Waals surface area contributed by atoms with E-state index in [0.717, 1.165) is 36.4 Å². The highest BCUT2D eigenvalue weighted by Crippen LogP contribution is 2.29. The zero-order valence-corrected chi connectivity index (χ0v) is 13.0. The molecule has 2 aromatic carbocycles. The topological polar surface area (TPSA) is 66.4 Å². The van der Waals surface area contributed by atoms with Crippen LogP contribution in [0.5, 0.6) is 0 Å². The number of carboxylic acids is 1. The van der Waals surface area contributed by atoms with Gasteiger partial charge in [-0.05, 0) is 23.8 Å². The Kier molecular flexibility index (Phi) is 5.59. The van der Waals surface area contributed by atoms with Gasteiger partial charge < -0.3 is 10.4 Å². The lowest BCUT2D eigenvalue weighted by molar-refractivity contribution is -0.139. The number of amides is 1. The molecule has 9 heteroatoms. The van der Waals surface area contributed by atoms with Gasteiger partial charge in [-0.25, -0.2) is 13.6 Å². The average molecular weight is 373 g/mol. The molecule has 2 aromatic rings. The van der Waals surface area contributed by atoms with Gasteiger partial charge >= 0.3 is 12.1 Å². The minimum Gasteiger partial charge on any atom is -0.480 e. The van der Waals surface area contributed by atoms with Crippen LogP contribution in [0.15, 0.2) is 42.5 Å². The van der Waals surface area contributed by atoms with E-state index in [1.807, 2.05) is 5.32 Å². The number of hydrogen-bond donors (Lipinski definition) is 2. The van der Waals surface area contributed by atoms with E-state index in [-0.39, 0.29) is 5.56 Å². The Bertz CT molecular complexity index is 835. The number of rotatable bonds is 5. The maximum atomic E-state index is 13.6. The molecule has 0 aliphatic carbocycles. The van der Waals surface area contributed by atoms with E-state index in [4.69, 9.17) is 0 Å². The number of hydrogen-bond acceptors (Lipinski definition) is 2. The molecule has 0 radical (unpaired) electrons. The smallest absolute Gasteiger partial charge is 0.416 e. The maximum absolute atomic E-state index is 13.6. The van der Waals surface area contributed by atoms with Crippen molar-refractivity contribution in [2.45, 2.75) is 18.6 Å². The average Bonchev–Trinajstić information content (AvgIpc) is 2.56. The molecule has 0 spiro atoms. The van der Waals surface area contributed by atoms with Gasteiger partial charge in [0.1, 0.15) is 6.04 Å². The Hall–Kier alpha value is -2.97. The van der Waals surface area contributed by atoms with Crippen LogP contribution in [0.3, 0.4) is 0 Å². The van der Waals surface area contributed by atoms with Gasteiger partial charge in [-0.3, -0.25) is 4.79 Å². The Morgan fingerprint density at radius 2 is 1.73 bits per heavy atom. The molecule has 0 aliphatic rings. The van der Waals surface area contributed by atoms with E-state index in [2.05, 4.69) is 0 Å². The van der Waals surface area contributed by atoms with Gasteiger partial charge in [0.2, 0.25) is 0 Å². The summed E-state index contributed by atoms with van der Waals surface area (Å²) in [5.41, 5.74) is -1.67. The largest absolute Gasteiger partial charge is 0.480 e. The van der Waals surface area contributed by atoms with Crippen molar-refractivity contribution in [2.75, 3.05) is 0 Å². The maximum Gasteiger partial charge on any atom is 0.416 e. The first-order chi connectivity index (χ1) is 12.1. The summed E-state index contributed by atoms with van der Waals surface area (Å²) in [6.45, 7) is 0. The standard InChI is InChI=1S/C17H12F5NO3/c18-12-6-2-5-11(14(12)19)15(24)23-13(16(25)26)8-9-3-1-4-10(7-9)17(20,21)22/h1-7,13H,8H2,(H,23,24)(H,25,26)/t13-/m0/s1. The summed E-state index contributed by atoms with van der Waals surface area (Å²) in [4.78, 5) is 23.3. The van der Waals surface area contributed by atoms with Crippen LogP contribution < -0.4 is 5.32 Å². The minimum atomic E-state index is -4.61. The third kappa shape index (κ3) is 4.56. The van der Waals surface area contributed by atoms with Crippen LogP contribution in [-0.2, 0) is 17.4 Å². The summed E-state index contributed by atoms with van der Waals surface area (Å²) in [5.74, 6) is -5.47. The Labute approximate surface area is 144 Å². The van der Waals surface area contributed by atoms with Crippen molar-refractivity contribution in [1.29, 1.82) is 0 Å². The summed E-state index contributed by atoms with van der Waals surface area (Å²) >= 11 is 0. The summed E-state index contributed by atoms with van der Waals surface area (Å²) in [7, 11) is 0. The molecule has 1 amide bonds. The van der Waals surface area contributed by atoms with Crippen molar-refractivity contribution >= 4 is 11.9 Å². The van der Waals surface area contributed by atoms with Crippen LogP contribution in [0.25, 0.3) is 0 Å². The minimum absolute atomic E-state index is 0.00670. The molecule has 0 unspecified atom stereocenters.